The number of amides is 1. The third kappa shape index (κ3) is 4.81. The quantitative estimate of drug-likeness (QED) is 0.217. The fourth-order valence-electron chi connectivity index (χ4n) is 6.99. The van der Waals surface area contributed by atoms with Gasteiger partial charge in [-0.2, -0.15) is 26.3 Å². The van der Waals surface area contributed by atoms with Gasteiger partial charge in [0.05, 0.1) is 0 Å². The molecule has 1 amide bonds. The number of ketones is 1. The first-order valence-electron chi connectivity index (χ1n) is 13.8. The molecule has 0 saturated heterocycles. The number of carbonyl (C=O) groups excluding carboxylic acids is 2. The summed E-state index contributed by atoms with van der Waals surface area (Å²) >= 11 is 0. The molecule has 2 aromatic rings. The van der Waals surface area contributed by atoms with Crippen molar-refractivity contribution in [2.75, 3.05) is 14.1 Å². The van der Waals surface area contributed by atoms with Gasteiger partial charge in [-0.3, -0.25) is 0 Å². The van der Waals surface area contributed by atoms with E-state index in [9.17, 15) is 56.4 Å². The Morgan fingerprint density at radius 2 is 1.61 bits per heavy atom. The summed E-state index contributed by atoms with van der Waals surface area (Å²) in [6.07, 6.45) is -10.9. The van der Waals surface area contributed by atoms with Crippen LogP contribution in [0.25, 0.3) is 16.9 Å². The second-order valence-electron chi connectivity index (χ2n) is 11.8. The van der Waals surface area contributed by atoms with Crippen LogP contribution in [0, 0.1) is 11.8 Å². The molecule has 1 saturated carbocycles. The Morgan fingerprint density at radius 1 is 1.04 bits per heavy atom. The van der Waals surface area contributed by atoms with Gasteiger partial charge in [0.2, 0.25) is 0 Å². The zero-order valence-corrected chi connectivity index (χ0v) is 24.2. The number of fused-ring (bicyclic) bond motifs is 3. The maximum atomic E-state index is 14.1. The number of nitrogens with two attached hydrogens (primary N) is 2. The minimum absolute atomic E-state index is 0.0397. The zero-order valence-electron chi connectivity index (χ0n) is 24.2. The number of carbonyl (C=O) groups is 2. The number of rotatable bonds is 4. The monoisotopic (exact) mass is 650 g/mol. The number of halogens is 6. The van der Waals surface area contributed by atoms with E-state index in [4.69, 9.17) is 19.0 Å². The summed E-state index contributed by atoms with van der Waals surface area (Å²) in [5.41, 5.74) is 1.86. The summed E-state index contributed by atoms with van der Waals surface area (Å²) < 4.78 is 82.5. The molecule has 0 bridgehead atoms. The van der Waals surface area contributed by atoms with Crippen molar-refractivity contribution in [2.24, 2.45) is 23.3 Å². The Morgan fingerprint density at radius 3 is 2.09 bits per heavy atom. The van der Waals surface area contributed by atoms with Gasteiger partial charge < -0.3 is 0 Å². The van der Waals surface area contributed by atoms with Gasteiger partial charge >= 0.3 is 232 Å². The van der Waals surface area contributed by atoms with Gasteiger partial charge in [-0.25, -0.2) is 0 Å². The summed E-state index contributed by atoms with van der Waals surface area (Å²) in [5, 5.41) is 45.5. The molecule has 46 heavy (non-hydrogen) atoms. The molecule has 0 heterocycles. The standard InChI is InChI=1S/C30H27BF6N3O6/c1-40(2)21-17-7-11-5-16-15(10-3-13(29(32,33)34)8-14(4-10)30(35,36)37)6-12(9-38)22(41)19(16)23(42)18(11)26(44)28(17,46)25(31)20(24(21)43)27(39)45/h3-4,6,8,11,17,21,41-43,46H,5,7,9,38H2,1-2H3,(H2,39,45)/t11-,17-,21-,28+/m0/s1. The Kier molecular flexibility index (Phi) is 7.73. The molecular weight excluding hydrogens is 623 g/mol. The predicted molar refractivity (Wildman–Crippen MR) is 153 cm³/mol. The Labute approximate surface area is 258 Å². The number of hydrogen-bond acceptors (Lipinski definition) is 8. The average Bonchev–Trinajstić information content (AvgIpc) is 2.93. The van der Waals surface area contributed by atoms with Crippen molar-refractivity contribution < 1.29 is 56.4 Å². The van der Waals surface area contributed by atoms with Gasteiger partial charge in [-0.15, -0.1) is 0 Å². The molecule has 1 radical (unpaired) electrons. The van der Waals surface area contributed by atoms with E-state index in [-0.39, 0.29) is 35.6 Å². The third-order valence-corrected chi connectivity index (χ3v) is 9.02. The molecule has 4 atom stereocenters. The maximum absolute atomic E-state index is 14.1. The molecule has 2 aromatic carbocycles. The SMILES string of the molecule is [B]=C1C(C(N)=O)=C(O)[C@@H](N(C)C)[C@@H]2C[C@@H]3Cc4c(-c5cc(C(F)(F)F)cc(C(F)(F)F)c5)cc(CN)c(O)c4C(O)=C3C(=O)[C@]12O. The molecular formula is C30H27BF6N3O6. The molecule has 0 unspecified atom stereocenters. The number of aliphatic hydroxyl groups excluding tert-OH is 2. The second kappa shape index (κ2) is 10.7. The molecule has 8 N–H and O–H groups in total. The number of primary amides is 1. The number of phenols is 1. The molecule has 243 valence electrons. The first-order valence-corrected chi connectivity index (χ1v) is 13.8. The second-order valence-corrected chi connectivity index (χ2v) is 11.8. The third-order valence-electron chi connectivity index (χ3n) is 9.02. The Bertz CT molecular complexity index is 1750. The molecule has 3 aliphatic carbocycles. The van der Waals surface area contributed by atoms with Crippen molar-refractivity contribution in [2.45, 2.75) is 43.4 Å². The van der Waals surface area contributed by atoms with Crippen molar-refractivity contribution in [1.29, 1.82) is 0 Å². The Hall–Kier alpha value is -4.15. The van der Waals surface area contributed by atoms with Crippen LogP contribution in [0.5, 0.6) is 5.75 Å². The average molecular weight is 650 g/mol. The van der Waals surface area contributed by atoms with E-state index in [0.717, 1.165) is 6.07 Å². The Balaban J connectivity index is 1.79. The number of likely N-dealkylation sites (N-methyl/N-ethyl adjacent to an activating group) is 1. The van der Waals surface area contributed by atoms with Gasteiger partial charge in [-0.1, -0.05) is 0 Å². The van der Waals surface area contributed by atoms with Crippen LogP contribution in [0.15, 0.2) is 41.2 Å². The number of hydrogen-bond donors (Lipinski definition) is 6. The van der Waals surface area contributed by atoms with Crippen LogP contribution in [-0.4, -0.2) is 75.7 Å². The van der Waals surface area contributed by atoms with Crippen LogP contribution >= 0.6 is 0 Å². The van der Waals surface area contributed by atoms with E-state index in [2.05, 4.69) is 0 Å². The van der Waals surface area contributed by atoms with Gasteiger partial charge in [-0.05, 0) is 0 Å². The predicted octanol–water partition coefficient (Wildman–Crippen LogP) is 2.90. The normalized spacial score (nSPS) is 25.0. The van der Waals surface area contributed by atoms with Crippen LogP contribution in [0.4, 0.5) is 26.3 Å². The summed E-state index contributed by atoms with van der Waals surface area (Å²) in [5.74, 6) is -6.95. The first kappa shape index (κ1) is 33.2. The number of phenolic OH excluding ortho intramolecular Hbond substituents is 1. The van der Waals surface area contributed by atoms with E-state index in [1.165, 1.54) is 19.0 Å². The molecule has 5 rings (SSSR count). The van der Waals surface area contributed by atoms with Crippen LogP contribution < -0.4 is 11.5 Å². The van der Waals surface area contributed by atoms with Gasteiger partial charge in [0.15, 0.2) is 0 Å². The van der Waals surface area contributed by atoms with Crippen LogP contribution in [-0.2, 0) is 34.9 Å². The number of aromatic hydroxyl groups is 1. The number of nitrogens with zero attached hydrogens (tertiary/aromatic N) is 1. The summed E-state index contributed by atoms with van der Waals surface area (Å²) in [6.45, 7) is -0.472. The molecule has 0 spiro atoms. The van der Waals surface area contributed by atoms with Crippen molar-refractivity contribution >= 4 is 30.4 Å². The molecule has 1 fully saturated rings. The molecule has 0 aliphatic heterocycles. The van der Waals surface area contributed by atoms with Crippen molar-refractivity contribution in [3.05, 3.63) is 69.0 Å². The molecule has 9 nitrogen and oxygen atoms in total. The van der Waals surface area contributed by atoms with Crippen molar-refractivity contribution in [3.8, 4) is 16.9 Å². The zero-order chi connectivity index (χ0) is 34.4. The van der Waals surface area contributed by atoms with E-state index < -0.39 is 110 Å². The summed E-state index contributed by atoms with van der Waals surface area (Å²) in [6, 6.07) is 0.861. The minimum atomic E-state index is -5.17. The summed E-state index contributed by atoms with van der Waals surface area (Å²) in [7, 11) is 9.05. The number of aliphatic hydroxyl groups is 3. The van der Waals surface area contributed by atoms with Crippen LogP contribution in [0.3, 0.4) is 0 Å². The van der Waals surface area contributed by atoms with E-state index in [1.54, 1.807) is 0 Å². The first-order chi connectivity index (χ1) is 21.2. The topological polar surface area (TPSA) is 170 Å². The van der Waals surface area contributed by atoms with E-state index >= 15 is 0 Å². The summed E-state index contributed by atoms with van der Waals surface area (Å²) in [4.78, 5) is 27.8. The van der Waals surface area contributed by atoms with Gasteiger partial charge in [0.1, 0.15) is 0 Å². The fourth-order valence-corrected chi connectivity index (χ4v) is 6.99. The molecule has 3 aliphatic rings. The van der Waals surface area contributed by atoms with Crippen LogP contribution in [0.2, 0.25) is 0 Å². The molecule has 0 aromatic heterocycles. The van der Waals surface area contributed by atoms with Gasteiger partial charge in [0.25, 0.3) is 0 Å². The number of benzene rings is 2. The number of alkyl halides is 6. The van der Waals surface area contributed by atoms with E-state index in [1.807, 2.05) is 0 Å². The fraction of sp³-hybridized carbons (Fsp3) is 0.367. The van der Waals surface area contributed by atoms with Gasteiger partial charge in [0, 0.05) is 0 Å². The van der Waals surface area contributed by atoms with Crippen LogP contribution in [0.1, 0.15) is 34.2 Å². The molecule has 16 heteroatoms. The number of Topliss-reactive ketones (excluding diaryl/α,β-unsaturated/α-hetero) is 1. The van der Waals surface area contributed by atoms with Crippen molar-refractivity contribution in [1.82, 2.24) is 4.90 Å². The van der Waals surface area contributed by atoms with Crippen molar-refractivity contribution in [3.63, 3.8) is 0 Å². The van der Waals surface area contributed by atoms with E-state index in [0.29, 0.717) is 12.1 Å².